The average molecular weight is 195 g/mol. The van der Waals surface area contributed by atoms with E-state index in [2.05, 4.69) is 9.97 Å². The summed E-state index contributed by atoms with van der Waals surface area (Å²) >= 11 is 0. The molecule has 4 heteroatoms. The molecule has 4 nitrogen and oxygen atoms in total. The Balaban J connectivity index is 2.80. The average Bonchev–Trinajstić information content (AvgIpc) is 2.06. The Bertz CT molecular complexity index is 257. The molecule has 1 rings (SSSR count). The van der Waals surface area contributed by atoms with Crippen LogP contribution in [0, 0.1) is 0 Å². The Hall–Kier alpha value is -1.16. The molecule has 0 aromatic carbocycles. The zero-order chi connectivity index (χ0) is 10.6. The number of nitrogens with zero attached hydrogens (tertiary/aromatic N) is 2. The summed E-state index contributed by atoms with van der Waals surface area (Å²) in [7, 11) is 0. The molecule has 78 valence electrons. The normalized spacial score (nSPS) is 12.9. The van der Waals surface area contributed by atoms with E-state index in [9.17, 15) is 0 Å². The Labute approximate surface area is 84.5 Å². The molecule has 1 aromatic rings. The monoisotopic (exact) mass is 195 g/mol. The zero-order valence-electron chi connectivity index (χ0n) is 8.90. The third-order valence-electron chi connectivity index (χ3n) is 1.64. The zero-order valence-corrected chi connectivity index (χ0v) is 8.90. The standard InChI is InChI=1S/C10H17N3O/c1-7(2)14-10-9(4-8(3)11)5-12-6-13-10/h5-8H,4,11H2,1-3H3. The van der Waals surface area contributed by atoms with Crippen molar-refractivity contribution in [2.45, 2.75) is 39.3 Å². The van der Waals surface area contributed by atoms with Gasteiger partial charge >= 0.3 is 0 Å². The van der Waals surface area contributed by atoms with Crippen molar-refractivity contribution >= 4 is 0 Å². The van der Waals surface area contributed by atoms with E-state index in [4.69, 9.17) is 10.5 Å². The van der Waals surface area contributed by atoms with Crippen LogP contribution in [0.4, 0.5) is 0 Å². The van der Waals surface area contributed by atoms with E-state index in [1.807, 2.05) is 20.8 Å². The first-order valence-corrected chi connectivity index (χ1v) is 4.80. The molecule has 1 aromatic heterocycles. The molecule has 0 saturated carbocycles. The Morgan fingerprint density at radius 3 is 2.71 bits per heavy atom. The lowest BCUT2D eigenvalue weighted by Gasteiger charge is -2.13. The number of hydrogen-bond acceptors (Lipinski definition) is 4. The minimum absolute atomic E-state index is 0.0931. The molecule has 0 aliphatic heterocycles. The van der Waals surface area contributed by atoms with Gasteiger partial charge in [0.05, 0.1) is 6.10 Å². The summed E-state index contributed by atoms with van der Waals surface area (Å²) in [6, 6.07) is 0.0931. The van der Waals surface area contributed by atoms with E-state index in [-0.39, 0.29) is 12.1 Å². The van der Waals surface area contributed by atoms with E-state index >= 15 is 0 Å². The van der Waals surface area contributed by atoms with Gasteiger partial charge in [0.2, 0.25) is 5.88 Å². The second kappa shape index (κ2) is 4.91. The highest BCUT2D eigenvalue weighted by molar-refractivity contribution is 5.23. The van der Waals surface area contributed by atoms with Crippen molar-refractivity contribution in [3.8, 4) is 5.88 Å². The van der Waals surface area contributed by atoms with E-state index in [1.54, 1.807) is 6.20 Å². The summed E-state index contributed by atoms with van der Waals surface area (Å²) in [5.41, 5.74) is 6.68. The van der Waals surface area contributed by atoms with Crippen LogP contribution in [0.5, 0.6) is 5.88 Å². The molecule has 0 bridgehead atoms. The number of aromatic nitrogens is 2. The molecule has 1 atom stereocenters. The first kappa shape index (κ1) is 10.9. The van der Waals surface area contributed by atoms with Crippen molar-refractivity contribution in [2.75, 3.05) is 0 Å². The van der Waals surface area contributed by atoms with Crippen LogP contribution in [-0.2, 0) is 6.42 Å². The molecule has 0 fully saturated rings. The largest absolute Gasteiger partial charge is 0.475 e. The SMILES string of the molecule is CC(N)Cc1cncnc1OC(C)C. The summed E-state index contributed by atoms with van der Waals surface area (Å²) in [5, 5.41) is 0. The summed E-state index contributed by atoms with van der Waals surface area (Å²) in [6.07, 6.45) is 4.11. The molecule has 0 spiro atoms. The highest BCUT2D eigenvalue weighted by atomic mass is 16.5. The smallest absolute Gasteiger partial charge is 0.219 e. The first-order valence-electron chi connectivity index (χ1n) is 4.80. The third-order valence-corrected chi connectivity index (χ3v) is 1.64. The molecule has 0 amide bonds. The maximum absolute atomic E-state index is 5.71. The predicted molar refractivity (Wildman–Crippen MR) is 55.1 cm³/mol. The fourth-order valence-electron chi connectivity index (χ4n) is 1.16. The summed E-state index contributed by atoms with van der Waals surface area (Å²) in [4.78, 5) is 8.04. The molecule has 0 radical (unpaired) electrons. The third kappa shape index (κ3) is 3.30. The van der Waals surface area contributed by atoms with Crippen molar-refractivity contribution in [1.82, 2.24) is 9.97 Å². The van der Waals surface area contributed by atoms with Crippen molar-refractivity contribution in [3.63, 3.8) is 0 Å². The van der Waals surface area contributed by atoms with Gasteiger partial charge in [-0.05, 0) is 27.2 Å². The summed E-state index contributed by atoms with van der Waals surface area (Å²) < 4.78 is 5.54. The van der Waals surface area contributed by atoms with Gasteiger partial charge in [0.1, 0.15) is 6.33 Å². The van der Waals surface area contributed by atoms with Crippen LogP contribution in [0.15, 0.2) is 12.5 Å². The number of nitrogens with two attached hydrogens (primary N) is 1. The van der Waals surface area contributed by atoms with Crippen LogP contribution in [0.2, 0.25) is 0 Å². The van der Waals surface area contributed by atoms with Crippen molar-refractivity contribution in [1.29, 1.82) is 0 Å². The van der Waals surface area contributed by atoms with Crippen LogP contribution >= 0.6 is 0 Å². The quantitative estimate of drug-likeness (QED) is 0.783. The molecule has 0 saturated heterocycles. The minimum atomic E-state index is 0.0931. The van der Waals surface area contributed by atoms with Gasteiger partial charge in [-0.3, -0.25) is 0 Å². The second-order valence-electron chi connectivity index (χ2n) is 3.70. The highest BCUT2D eigenvalue weighted by Crippen LogP contribution is 2.15. The van der Waals surface area contributed by atoms with Gasteiger partial charge in [-0.1, -0.05) is 0 Å². The van der Waals surface area contributed by atoms with Crippen LogP contribution < -0.4 is 10.5 Å². The minimum Gasteiger partial charge on any atom is -0.475 e. The van der Waals surface area contributed by atoms with Crippen LogP contribution in [0.3, 0.4) is 0 Å². The lowest BCUT2D eigenvalue weighted by atomic mass is 10.1. The van der Waals surface area contributed by atoms with Crippen LogP contribution in [-0.4, -0.2) is 22.1 Å². The first-order chi connectivity index (χ1) is 6.59. The molecule has 1 unspecified atom stereocenters. The van der Waals surface area contributed by atoms with E-state index in [1.165, 1.54) is 6.33 Å². The number of ether oxygens (including phenoxy) is 1. The van der Waals surface area contributed by atoms with Gasteiger partial charge in [0.15, 0.2) is 0 Å². The van der Waals surface area contributed by atoms with Crippen LogP contribution in [0.1, 0.15) is 26.3 Å². The van der Waals surface area contributed by atoms with Gasteiger partial charge in [-0.25, -0.2) is 9.97 Å². The van der Waals surface area contributed by atoms with Gasteiger partial charge in [-0.2, -0.15) is 0 Å². The van der Waals surface area contributed by atoms with Gasteiger partial charge < -0.3 is 10.5 Å². The fraction of sp³-hybridized carbons (Fsp3) is 0.600. The summed E-state index contributed by atoms with van der Waals surface area (Å²) in [6.45, 7) is 5.89. The van der Waals surface area contributed by atoms with Crippen molar-refractivity contribution in [3.05, 3.63) is 18.1 Å². The number of rotatable bonds is 4. The fourth-order valence-corrected chi connectivity index (χ4v) is 1.16. The van der Waals surface area contributed by atoms with E-state index in [0.717, 1.165) is 12.0 Å². The van der Waals surface area contributed by atoms with Gasteiger partial charge in [0, 0.05) is 17.8 Å². The predicted octanol–water partition coefficient (Wildman–Crippen LogP) is 1.15. The summed E-state index contributed by atoms with van der Waals surface area (Å²) in [5.74, 6) is 0.646. The Morgan fingerprint density at radius 1 is 1.43 bits per heavy atom. The van der Waals surface area contributed by atoms with E-state index in [0.29, 0.717) is 5.88 Å². The maximum Gasteiger partial charge on any atom is 0.219 e. The molecule has 0 aliphatic rings. The highest BCUT2D eigenvalue weighted by Gasteiger charge is 2.08. The Kier molecular flexibility index (Phi) is 3.83. The molecule has 2 N–H and O–H groups in total. The lowest BCUT2D eigenvalue weighted by Crippen LogP contribution is -2.19. The second-order valence-corrected chi connectivity index (χ2v) is 3.70. The Morgan fingerprint density at radius 2 is 2.14 bits per heavy atom. The van der Waals surface area contributed by atoms with Gasteiger partial charge in [-0.15, -0.1) is 0 Å². The van der Waals surface area contributed by atoms with E-state index < -0.39 is 0 Å². The molecule has 0 aliphatic carbocycles. The molecule has 14 heavy (non-hydrogen) atoms. The van der Waals surface area contributed by atoms with Gasteiger partial charge in [0.25, 0.3) is 0 Å². The molecular formula is C10H17N3O. The van der Waals surface area contributed by atoms with Crippen molar-refractivity contribution in [2.24, 2.45) is 5.73 Å². The maximum atomic E-state index is 5.71. The molecule has 1 heterocycles. The van der Waals surface area contributed by atoms with Crippen molar-refractivity contribution < 1.29 is 4.74 Å². The lowest BCUT2D eigenvalue weighted by molar-refractivity contribution is 0.229. The topological polar surface area (TPSA) is 61.0 Å². The van der Waals surface area contributed by atoms with Crippen LogP contribution in [0.25, 0.3) is 0 Å². The molecular weight excluding hydrogens is 178 g/mol. The number of hydrogen-bond donors (Lipinski definition) is 1.